The molecule has 1 amide bonds. The number of rotatable bonds is 3. The Balaban J connectivity index is 1.73. The summed E-state index contributed by atoms with van der Waals surface area (Å²) in [4.78, 5) is 12.0. The Labute approximate surface area is 133 Å². The molecule has 6 heteroatoms. The number of fused-ring (bicyclic) bond motifs is 1. The summed E-state index contributed by atoms with van der Waals surface area (Å²) in [5, 5.41) is 4.60. The third-order valence-electron chi connectivity index (χ3n) is 2.93. The smallest absolute Gasteiger partial charge is 0.307 e. The van der Waals surface area contributed by atoms with Gasteiger partial charge < -0.3 is 4.42 Å². The van der Waals surface area contributed by atoms with Crippen molar-refractivity contribution in [1.29, 1.82) is 0 Å². The van der Waals surface area contributed by atoms with E-state index in [0.29, 0.717) is 11.1 Å². The molecular weight excluding hydrogens is 351 g/mol. The molecule has 0 aliphatic carbocycles. The molecule has 3 aromatic rings. The van der Waals surface area contributed by atoms with E-state index in [0.717, 1.165) is 9.86 Å². The zero-order valence-corrected chi connectivity index (χ0v) is 12.8. The van der Waals surface area contributed by atoms with Gasteiger partial charge in [-0.25, -0.2) is 9.82 Å². The quantitative estimate of drug-likeness (QED) is 0.564. The number of benzene rings is 2. The van der Waals surface area contributed by atoms with Crippen LogP contribution in [-0.2, 0) is 0 Å². The zero-order valence-electron chi connectivity index (χ0n) is 11.2. The number of amides is 1. The van der Waals surface area contributed by atoms with E-state index in [-0.39, 0.29) is 11.6 Å². The van der Waals surface area contributed by atoms with Gasteiger partial charge in [0, 0.05) is 9.86 Å². The van der Waals surface area contributed by atoms with Gasteiger partial charge in [0.05, 0.1) is 6.21 Å². The van der Waals surface area contributed by atoms with E-state index >= 15 is 0 Å². The second-order valence-corrected chi connectivity index (χ2v) is 5.46. The van der Waals surface area contributed by atoms with Gasteiger partial charge in [0.15, 0.2) is 5.76 Å². The van der Waals surface area contributed by atoms with Crippen LogP contribution >= 0.6 is 15.9 Å². The molecule has 0 radical (unpaired) electrons. The van der Waals surface area contributed by atoms with Crippen LogP contribution in [0.25, 0.3) is 11.0 Å². The molecular formula is C16H10BrFN2O2. The first-order valence-electron chi connectivity index (χ1n) is 6.40. The van der Waals surface area contributed by atoms with Gasteiger partial charge in [0.25, 0.3) is 0 Å². The molecule has 3 rings (SSSR count). The second-order valence-electron chi connectivity index (χ2n) is 4.55. The van der Waals surface area contributed by atoms with Gasteiger partial charge in [0.2, 0.25) is 0 Å². The van der Waals surface area contributed by atoms with Gasteiger partial charge in [0.1, 0.15) is 11.4 Å². The first-order valence-corrected chi connectivity index (χ1v) is 7.19. The molecule has 0 bridgehead atoms. The van der Waals surface area contributed by atoms with E-state index in [1.807, 2.05) is 12.1 Å². The van der Waals surface area contributed by atoms with E-state index in [1.54, 1.807) is 24.3 Å². The van der Waals surface area contributed by atoms with Gasteiger partial charge >= 0.3 is 5.91 Å². The number of carbonyl (C=O) groups is 1. The van der Waals surface area contributed by atoms with Crippen molar-refractivity contribution in [3.63, 3.8) is 0 Å². The van der Waals surface area contributed by atoms with Crippen LogP contribution in [0.15, 0.2) is 62.5 Å². The minimum atomic E-state index is -0.472. The minimum absolute atomic E-state index is 0.157. The SMILES string of the molecule is O=C(N/N=C/c1cccc(F)c1)c1cc2cc(Br)ccc2o1. The Kier molecular flexibility index (Phi) is 4.02. The first kappa shape index (κ1) is 14.5. The van der Waals surface area contributed by atoms with Crippen molar-refractivity contribution in [2.24, 2.45) is 5.10 Å². The Morgan fingerprint density at radius 1 is 1.23 bits per heavy atom. The lowest BCUT2D eigenvalue weighted by atomic mass is 10.2. The van der Waals surface area contributed by atoms with Crippen molar-refractivity contribution in [2.75, 3.05) is 0 Å². The van der Waals surface area contributed by atoms with Crippen LogP contribution in [0, 0.1) is 5.82 Å². The Hall–Kier alpha value is -2.47. The topological polar surface area (TPSA) is 54.6 Å². The lowest BCUT2D eigenvalue weighted by Gasteiger charge is -1.95. The Morgan fingerprint density at radius 2 is 2.09 bits per heavy atom. The molecule has 0 atom stereocenters. The number of halogens is 2. The van der Waals surface area contributed by atoms with E-state index in [2.05, 4.69) is 26.5 Å². The molecule has 1 N–H and O–H groups in total. The summed E-state index contributed by atoms with van der Waals surface area (Å²) in [6.45, 7) is 0. The fourth-order valence-electron chi connectivity index (χ4n) is 1.93. The second kappa shape index (κ2) is 6.11. The Morgan fingerprint density at radius 3 is 2.91 bits per heavy atom. The van der Waals surface area contributed by atoms with Crippen molar-refractivity contribution in [2.45, 2.75) is 0 Å². The molecule has 2 aromatic carbocycles. The normalized spacial score (nSPS) is 11.2. The lowest BCUT2D eigenvalue weighted by Crippen LogP contribution is -2.16. The fourth-order valence-corrected chi connectivity index (χ4v) is 2.31. The highest BCUT2D eigenvalue weighted by molar-refractivity contribution is 9.10. The fraction of sp³-hybridized carbons (Fsp3) is 0. The van der Waals surface area contributed by atoms with E-state index in [4.69, 9.17) is 4.42 Å². The monoisotopic (exact) mass is 360 g/mol. The molecule has 0 aliphatic rings. The number of furan rings is 1. The maximum absolute atomic E-state index is 13.0. The highest BCUT2D eigenvalue weighted by atomic mass is 79.9. The number of hydrazone groups is 1. The van der Waals surface area contributed by atoms with Crippen LogP contribution in [0.3, 0.4) is 0 Å². The summed E-state index contributed by atoms with van der Waals surface area (Å²) < 4.78 is 19.3. The summed E-state index contributed by atoms with van der Waals surface area (Å²) >= 11 is 3.36. The maximum Gasteiger partial charge on any atom is 0.307 e. The third kappa shape index (κ3) is 3.23. The van der Waals surface area contributed by atoms with Crippen LogP contribution in [0.2, 0.25) is 0 Å². The third-order valence-corrected chi connectivity index (χ3v) is 3.42. The summed E-state index contributed by atoms with van der Waals surface area (Å²) in [7, 11) is 0. The number of hydrogen-bond donors (Lipinski definition) is 1. The molecule has 110 valence electrons. The number of nitrogens with zero attached hydrogens (tertiary/aromatic N) is 1. The molecule has 0 spiro atoms. The van der Waals surface area contributed by atoms with Crippen molar-refractivity contribution in [1.82, 2.24) is 5.43 Å². The molecule has 0 unspecified atom stereocenters. The molecule has 0 saturated carbocycles. The van der Waals surface area contributed by atoms with Gasteiger partial charge in [-0.1, -0.05) is 28.1 Å². The van der Waals surface area contributed by atoms with Gasteiger partial charge in [-0.15, -0.1) is 0 Å². The van der Waals surface area contributed by atoms with Crippen LogP contribution in [0.5, 0.6) is 0 Å². The number of carbonyl (C=O) groups excluding carboxylic acids is 1. The Bertz CT molecular complexity index is 873. The largest absolute Gasteiger partial charge is 0.451 e. The lowest BCUT2D eigenvalue weighted by molar-refractivity contribution is 0.0929. The average Bonchev–Trinajstić information content (AvgIpc) is 2.90. The number of hydrogen-bond acceptors (Lipinski definition) is 3. The van der Waals surface area contributed by atoms with Crippen molar-refractivity contribution < 1.29 is 13.6 Å². The average molecular weight is 361 g/mol. The van der Waals surface area contributed by atoms with Gasteiger partial charge in [-0.05, 0) is 42.0 Å². The maximum atomic E-state index is 13.0. The predicted octanol–water partition coefficient (Wildman–Crippen LogP) is 4.10. The molecule has 1 heterocycles. The molecule has 1 aromatic heterocycles. The highest BCUT2D eigenvalue weighted by Gasteiger charge is 2.11. The van der Waals surface area contributed by atoms with Crippen molar-refractivity contribution in [3.8, 4) is 0 Å². The van der Waals surface area contributed by atoms with Crippen LogP contribution < -0.4 is 5.43 Å². The summed E-state index contributed by atoms with van der Waals surface area (Å²) in [5.74, 6) is -0.678. The first-order chi connectivity index (χ1) is 10.6. The summed E-state index contributed by atoms with van der Waals surface area (Å²) in [5.41, 5.74) is 3.51. The molecule has 22 heavy (non-hydrogen) atoms. The zero-order chi connectivity index (χ0) is 15.5. The summed E-state index contributed by atoms with van der Waals surface area (Å²) in [6, 6.07) is 13.0. The molecule has 4 nitrogen and oxygen atoms in total. The summed E-state index contributed by atoms with van der Waals surface area (Å²) in [6.07, 6.45) is 1.36. The molecule has 0 fully saturated rings. The minimum Gasteiger partial charge on any atom is -0.451 e. The van der Waals surface area contributed by atoms with E-state index in [9.17, 15) is 9.18 Å². The van der Waals surface area contributed by atoms with Crippen molar-refractivity contribution >= 4 is 39.0 Å². The van der Waals surface area contributed by atoms with Crippen LogP contribution in [0.1, 0.15) is 16.1 Å². The van der Waals surface area contributed by atoms with Crippen molar-refractivity contribution in [3.05, 3.63) is 70.1 Å². The van der Waals surface area contributed by atoms with Crippen LogP contribution in [0.4, 0.5) is 4.39 Å². The number of nitrogens with one attached hydrogen (secondary N) is 1. The predicted molar refractivity (Wildman–Crippen MR) is 85.4 cm³/mol. The molecule has 0 aliphatic heterocycles. The highest BCUT2D eigenvalue weighted by Crippen LogP contribution is 2.23. The van der Waals surface area contributed by atoms with Gasteiger partial charge in [-0.2, -0.15) is 5.10 Å². The van der Waals surface area contributed by atoms with E-state index < -0.39 is 5.91 Å². The molecule has 0 saturated heterocycles. The van der Waals surface area contributed by atoms with Gasteiger partial charge in [-0.3, -0.25) is 4.79 Å². The van der Waals surface area contributed by atoms with E-state index in [1.165, 1.54) is 18.3 Å². The van der Waals surface area contributed by atoms with Crippen LogP contribution in [-0.4, -0.2) is 12.1 Å². The standard InChI is InChI=1S/C16H10BrFN2O2/c17-12-4-5-14-11(7-12)8-15(22-14)16(21)20-19-9-10-2-1-3-13(18)6-10/h1-9H,(H,20,21)/b19-9+.